The van der Waals surface area contributed by atoms with E-state index in [1.807, 2.05) is 0 Å². The monoisotopic (exact) mass is 1200 g/mol. The summed E-state index contributed by atoms with van der Waals surface area (Å²) in [6.45, 7) is 23.8. The molecule has 2 heterocycles. The molecule has 2 aliphatic rings. The molecule has 0 unspecified atom stereocenters. The summed E-state index contributed by atoms with van der Waals surface area (Å²) >= 11 is 0. The van der Waals surface area contributed by atoms with Crippen molar-refractivity contribution in [2.75, 3.05) is 9.80 Å². The maximum absolute atomic E-state index is 2.74. The summed E-state index contributed by atoms with van der Waals surface area (Å²) in [5, 5.41) is 13.0. The second kappa shape index (κ2) is 22.3. The van der Waals surface area contributed by atoms with Gasteiger partial charge in [-0.3, -0.25) is 0 Å². The lowest BCUT2D eigenvalue weighted by Crippen LogP contribution is -2.17. The van der Waals surface area contributed by atoms with Gasteiger partial charge in [-0.2, -0.15) is 0 Å². The number of aromatic nitrogens is 2. The normalized spacial score (nSPS) is 13.9. The minimum atomic E-state index is 0.0389. The van der Waals surface area contributed by atoms with E-state index in [0.717, 1.165) is 38.5 Å². The maximum atomic E-state index is 2.74. The first-order valence-electron chi connectivity index (χ1n) is 34.6. The second-order valence-corrected chi connectivity index (χ2v) is 28.9. The Hall–Kier alpha value is -9.12. The molecule has 0 N–H and O–H groups in total. The van der Waals surface area contributed by atoms with E-state index in [9.17, 15) is 0 Å². The van der Waals surface area contributed by atoms with Crippen molar-refractivity contribution in [1.29, 1.82) is 0 Å². The van der Waals surface area contributed by atoms with Crippen molar-refractivity contribution in [1.82, 2.24) is 9.13 Å². The second-order valence-electron chi connectivity index (χ2n) is 28.9. The van der Waals surface area contributed by atoms with Crippen LogP contribution in [0, 0.1) is 0 Å². The number of hydrogen-bond donors (Lipinski definition) is 0. The Kier molecular flexibility index (Phi) is 14.1. The molecule has 0 spiro atoms. The van der Waals surface area contributed by atoms with Gasteiger partial charge in [0.25, 0.3) is 0 Å². The summed E-state index contributed by atoms with van der Waals surface area (Å²) < 4.78 is 5.08. The lowest BCUT2D eigenvalue weighted by molar-refractivity contribution is 0.506. The molecule has 12 aromatic carbocycles. The SMILES string of the molecule is CCC(C)(C)c1cccc(-n2c3ccccc3c3c(N(c4cccc5c4CCCC5)c4cc(C(C)C)c5ccc6c(N(c7cccc8c7CCCC8)c7cccc8c7c7ccccc7n8-c7cccc(C(C)(C)CC)c7)cc(C(C)C)c7ccc4c5c76)cccc32)c1. The maximum Gasteiger partial charge on any atom is 0.0562 e. The molecule has 92 heavy (non-hydrogen) atoms. The van der Waals surface area contributed by atoms with E-state index in [1.54, 1.807) is 0 Å². The van der Waals surface area contributed by atoms with Crippen LogP contribution in [0.1, 0.15) is 164 Å². The van der Waals surface area contributed by atoms with Crippen molar-refractivity contribution in [3.63, 3.8) is 0 Å². The van der Waals surface area contributed by atoms with Crippen molar-refractivity contribution in [2.45, 2.75) is 156 Å². The molecule has 0 radical (unpaired) electrons. The highest BCUT2D eigenvalue weighted by Gasteiger charge is 2.32. The summed E-state index contributed by atoms with van der Waals surface area (Å²) in [5.41, 5.74) is 26.2. The lowest BCUT2D eigenvalue weighted by Gasteiger charge is -2.34. The van der Waals surface area contributed by atoms with Crippen LogP contribution in [0.15, 0.2) is 206 Å². The number of aryl methyl sites for hydroxylation is 2. The Morgan fingerprint density at radius 1 is 0.337 bits per heavy atom. The fourth-order valence-electron chi connectivity index (χ4n) is 16.5. The number of nitrogens with zero attached hydrogens (tertiary/aromatic N) is 4. The van der Waals surface area contributed by atoms with Crippen molar-refractivity contribution in [3.05, 3.63) is 251 Å². The Morgan fingerprint density at radius 2 is 0.707 bits per heavy atom. The quantitative estimate of drug-likeness (QED) is 0.101. The van der Waals surface area contributed by atoms with Gasteiger partial charge in [0.15, 0.2) is 0 Å². The van der Waals surface area contributed by atoms with Crippen LogP contribution >= 0.6 is 0 Å². The van der Waals surface area contributed by atoms with E-state index in [4.69, 9.17) is 0 Å². The largest absolute Gasteiger partial charge is 0.309 e. The van der Waals surface area contributed by atoms with Crippen molar-refractivity contribution in [3.8, 4) is 11.4 Å². The topological polar surface area (TPSA) is 16.3 Å². The van der Waals surface area contributed by atoms with Crippen LogP contribution in [0.4, 0.5) is 34.1 Å². The summed E-state index contributed by atoms with van der Waals surface area (Å²) in [7, 11) is 0. The third-order valence-electron chi connectivity index (χ3n) is 22.2. The van der Waals surface area contributed by atoms with Gasteiger partial charge in [0.05, 0.1) is 44.8 Å². The summed E-state index contributed by atoms with van der Waals surface area (Å²) in [6, 6.07) is 80.9. The van der Waals surface area contributed by atoms with E-state index in [0.29, 0.717) is 0 Å². The van der Waals surface area contributed by atoms with Crippen LogP contribution in [-0.2, 0) is 36.5 Å². The van der Waals surface area contributed by atoms with Crippen LogP contribution in [-0.4, -0.2) is 9.13 Å². The van der Waals surface area contributed by atoms with Crippen molar-refractivity contribution >= 4 is 110 Å². The molecule has 2 aliphatic carbocycles. The van der Waals surface area contributed by atoms with E-state index >= 15 is 0 Å². The highest BCUT2D eigenvalue weighted by molar-refractivity contribution is 6.31. The molecule has 0 bridgehead atoms. The minimum absolute atomic E-state index is 0.0389. The van der Waals surface area contributed by atoms with Crippen molar-refractivity contribution in [2.24, 2.45) is 0 Å². The molecular weight excluding hydrogens is 1110 g/mol. The summed E-state index contributed by atoms with van der Waals surface area (Å²) in [5.74, 6) is 0.476. The van der Waals surface area contributed by atoms with Gasteiger partial charge in [0.1, 0.15) is 0 Å². The molecule has 4 nitrogen and oxygen atoms in total. The van der Waals surface area contributed by atoms with Crippen LogP contribution < -0.4 is 9.80 Å². The predicted molar refractivity (Wildman–Crippen MR) is 396 cm³/mol. The average molecular weight is 1200 g/mol. The number of hydrogen-bond acceptors (Lipinski definition) is 2. The van der Waals surface area contributed by atoms with Gasteiger partial charge in [-0.15, -0.1) is 0 Å². The molecule has 0 amide bonds. The summed E-state index contributed by atoms with van der Waals surface area (Å²) in [6.07, 6.45) is 11.2. The molecule has 0 aliphatic heterocycles. The number of anilines is 6. The predicted octanol–water partition coefficient (Wildman–Crippen LogP) is 25.1. The van der Waals surface area contributed by atoms with Crippen LogP contribution in [0.5, 0.6) is 0 Å². The number of rotatable bonds is 14. The fraction of sp³-hybridized carbons (Fsp3) is 0.273. The first kappa shape index (κ1) is 58.0. The molecule has 458 valence electrons. The highest BCUT2D eigenvalue weighted by Crippen LogP contribution is 2.55. The molecule has 2 aromatic heterocycles. The molecule has 0 atom stereocenters. The summed E-state index contributed by atoms with van der Waals surface area (Å²) in [4.78, 5) is 5.47. The first-order chi connectivity index (χ1) is 44.7. The highest BCUT2D eigenvalue weighted by atomic mass is 15.2. The molecule has 16 rings (SSSR count). The van der Waals surface area contributed by atoms with Gasteiger partial charge in [-0.05, 0) is 238 Å². The molecule has 0 fully saturated rings. The van der Waals surface area contributed by atoms with E-state index in [1.165, 1.54) is 192 Å². The van der Waals surface area contributed by atoms with Gasteiger partial charge in [-0.25, -0.2) is 0 Å². The van der Waals surface area contributed by atoms with Crippen LogP contribution in [0.2, 0.25) is 0 Å². The third kappa shape index (κ3) is 9.04. The fourth-order valence-corrected chi connectivity index (χ4v) is 16.5. The van der Waals surface area contributed by atoms with Crippen LogP contribution in [0.3, 0.4) is 0 Å². The number of fused-ring (bicyclic) bond motifs is 8. The first-order valence-corrected chi connectivity index (χ1v) is 34.6. The molecule has 4 heteroatoms. The van der Waals surface area contributed by atoms with E-state index in [-0.39, 0.29) is 22.7 Å². The van der Waals surface area contributed by atoms with E-state index in [2.05, 4.69) is 294 Å². The standard InChI is InChI=1S/C88H86N4/c1-11-87(7,8)59-31-23-33-61(51-59)89-75-39-19-17-37-67(75)85-77(89)43-25-45-79(85)91(73-41-21-29-57-27-13-15-35-63(57)73)81-53-71(55(3)4)65-48-50-70-82(54-72(56(5)6)66-47-49-69(81)83(65)84(66)70)92(74-42-22-30-58-28-14-16-36-64(58)74)80-46-26-44-78-86(80)68-38-18-20-40-76(68)90(78)62-34-24-32-60(52-62)88(9,10)12-2/h17-26,29-34,37-56H,11-16,27-28,35-36H2,1-10H3. The zero-order valence-electron chi connectivity index (χ0n) is 55.6. The minimum Gasteiger partial charge on any atom is -0.309 e. The number of benzene rings is 12. The zero-order chi connectivity index (χ0) is 62.9. The van der Waals surface area contributed by atoms with Gasteiger partial charge < -0.3 is 18.9 Å². The average Bonchev–Trinajstić information content (AvgIpc) is 0.976. The Balaban J connectivity index is 1.01. The molecule has 14 aromatic rings. The van der Waals surface area contributed by atoms with Gasteiger partial charge in [0.2, 0.25) is 0 Å². The Labute approximate surface area is 544 Å². The van der Waals surface area contributed by atoms with E-state index < -0.39 is 0 Å². The Bertz CT molecular complexity index is 4910. The van der Waals surface area contributed by atoms with Gasteiger partial charge in [-0.1, -0.05) is 191 Å². The van der Waals surface area contributed by atoms with Gasteiger partial charge in [0, 0.05) is 55.1 Å². The molecular formula is C88H86N4. The molecule has 0 saturated carbocycles. The third-order valence-corrected chi connectivity index (χ3v) is 22.2. The van der Waals surface area contributed by atoms with Crippen LogP contribution in [0.25, 0.3) is 87.3 Å². The lowest BCUT2D eigenvalue weighted by atomic mass is 9.82. The molecule has 0 saturated heterocycles. The Morgan fingerprint density at radius 3 is 1.13 bits per heavy atom. The van der Waals surface area contributed by atoms with Gasteiger partial charge >= 0.3 is 0 Å². The zero-order valence-corrected chi connectivity index (χ0v) is 55.6. The van der Waals surface area contributed by atoms with Crippen molar-refractivity contribution < 1.29 is 0 Å². The number of para-hydroxylation sites is 2. The smallest absolute Gasteiger partial charge is 0.0562 e.